The van der Waals surface area contributed by atoms with Gasteiger partial charge in [0.15, 0.2) is 5.82 Å². The van der Waals surface area contributed by atoms with Gasteiger partial charge in [-0.15, -0.1) is 5.10 Å². The highest BCUT2D eigenvalue weighted by atomic mass is 16.2. The first kappa shape index (κ1) is 19.0. The molecular formula is C20H29N7O. The molecule has 3 heterocycles. The Morgan fingerprint density at radius 3 is 2.54 bits per heavy atom. The molecule has 8 nitrogen and oxygen atoms in total. The lowest BCUT2D eigenvalue weighted by Gasteiger charge is -2.37. The fourth-order valence-corrected chi connectivity index (χ4v) is 4.13. The molecule has 1 aromatic heterocycles. The molecule has 2 aliphatic rings. The van der Waals surface area contributed by atoms with E-state index in [2.05, 4.69) is 37.1 Å². The van der Waals surface area contributed by atoms with E-state index in [0.717, 1.165) is 57.1 Å². The monoisotopic (exact) mass is 383 g/mol. The lowest BCUT2D eigenvalue weighted by molar-refractivity contribution is -0.136. The summed E-state index contributed by atoms with van der Waals surface area (Å²) in [7, 11) is 0. The van der Waals surface area contributed by atoms with E-state index < -0.39 is 0 Å². The number of likely N-dealkylation sites (tertiary alicyclic amines) is 1. The Labute approximate surface area is 166 Å². The number of amides is 1. The van der Waals surface area contributed by atoms with E-state index >= 15 is 0 Å². The molecule has 28 heavy (non-hydrogen) atoms. The summed E-state index contributed by atoms with van der Waals surface area (Å²) in [5.74, 6) is 1.13. The second kappa shape index (κ2) is 8.79. The summed E-state index contributed by atoms with van der Waals surface area (Å²) >= 11 is 0. The van der Waals surface area contributed by atoms with Crippen molar-refractivity contribution in [2.24, 2.45) is 0 Å². The Morgan fingerprint density at radius 1 is 1.04 bits per heavy atom. The van der Waals surface area contributed by atoms with Crippen molar-refractivity contribution in [2.45, 2.75) is 38.8 Å². The zero-order chi connectivity index (χ0) is 19.3. The van der Waals surface area contributed by atoms with Crippen LogP contribution < -0.4 is 0 Å². The van der Waals surface area contributed by atoms with Crippen LogP contribution in [-0.2, 0) is 11.3 Å². The van der Waals surface area contributed by atoms with Crippen LogP contribution in [0.4, 0.5) is 0 Å². The predicted octanol–water partition coefficient (Wildman–Crippen LogP) is 1.18. The van der Waals surface area contributed by atoms with Crippen molar-refractivity contribution in [2.75, 3.05) is 39.3 Å². The molecule has 0 bridgehead atoms. The summed E-state index contributed by atoms with van der Waals surface area (Å²) in [4.78, 5) is 19.4. The third kappa shape index (κ3) is 4.39. The normalized spacial score (nSPS) is 21.8. The van der Waals surface area contributed by atoms with Crippen molar-refractivity contribution in [1.29, 1.82) is 0 Å². The predicted molar refractivity (Wildman–Crippen MR) is 106 cm³/mol. The number of nitrogens with zero attached hydrogens (tertiary/aromatic N) is 7. The minimum absolute atomic E-state index is 0.286. The zero-order valence-electron chi connectivity index (χ0n) is 16.6. The van der Waals surface area contributed by atoms with Gasteiger partial charge in [-0.25, -0.2) is 0 Å². The van der Waals surface area contributed by atoms with Crippen molar-refractivity contribution in [3.8, 4) is 5.69 Å². The first-order valence-electron chi connectivity index (χ1n) is 10.3. The lowest BCUT2D eigenvalue weighted by atomic mass is 10.0. The van der Waals surface area contributed by atoms with Gasteiger partial charge in [0, 0.05) is 38.8 Å². The average molecular weight is 384 g/mol. The van der Waals surface area contributed by atoms with Gasteiger partial charge in [0.1, 0.15) is 0 Å². The largest absolute Gasteiger partial charge is 0.339 e. The van der Waals surface area contributed by atoms with Crippen LogP contribution in [0.3, 0.4) is 0 Å². The summed E-state index contributed by atoms with van der Waals surface area (Å²) in [6, 6.07) is 10.4. The molecule has 4 rings (SSSR count). The molecule has 0 aliphatic carbocycles. The molecule has 0 N–H and O–H groups in total. The highest BCUT2D eigenvalue weighted by molar-refractivity contribution is 5.78. The number of benzene rings is 1. The van der Waals surface area contributed by atoms with Crippen LogP contribution in [-0.4, -0.2) is 86.1 Å². The highest BCUT2D eigenvalue weighted by Crippen LogP contribution is 2.17. The molecule has 1 aromatic carbocycles. The molecule has 1 unspecified atom stereocenters. The van der Waals surface area contributed by atoms with Crippen molar-refractivity contribution in [3.05, 3.63) is 36.2 Å². The molecule has 8 heteroatoms. The molecule has 2 aliphatic heterocycles. The Morgan fingerprint density at radius 2 is 1.79 bits per heavy atom. The van der Waals surface area contributed by atoms with Gasteiger partial charge in [-0.1, -0.05) is 18.2 Å². The van der Waals surface area contributed by atoms with Gasteiger partial charge < -0.3 is 4.90 Å². The maximum absolute atomic E-state index is 12.7. The van der Waals surface area contributed by atoms with Gasteiger partial charge in [0.25, 0.3) is 0 Å². The third-order valence-electron chi connectivity index (χ3n) is 5.85. The molecule has 2 aromatic rings. The van der Waals surface area contributed by atoms with E-state index in [4.69, 9.17) is 0 Å². The molecule has 2 saturated heterocycles. The number of rotatable bonds is 5. The number of hydrogen-bond donors (Lipinski definition) is 0. The molecule has 0 spiro atoms. The average Bonchev–Trinajstić information content (AvgIpc) is 3.18. The second-order valence-electron chi connectivity index (χ2n) is 7.83. The van der Waals surface area contributed by atoms with Crippen molar-refractivity contribution >= 4 is 5.91 Å². The second-order valence-corrected chi connectivity index (χ2v) is 7.83. The summed E-state index contributed by atoms with van der Waals surface area (Å²) < 4.78 is 1.80. The molecular weight excluding hydrogens is 354 g/mol. The number of hydrogen-bond acceptors (Lipinski definition) is 6. The van der Waals surface area contributed by atoms with Gasteiger partial charge in [0.05, 0.1) is 18.8 Å². The fraction of sp³-hybridized carbons (Fsp3) is 0.600. The number of tetrazole rings is 1. The SMILES string of the molecule is CC1CCCCN1C(=O)CN1CCN(Cc2nnnn2-c2ccccc2)CC1. The van der Waals surface area contributed by atoms with Crippen molar-refractivity contribution in [3.63, 3.8) is 0 Å². The minimum Gasteiger partial charge on any atom is -0.339 e. The van der Waals surface area contributed by atoms with Gasteiger partial charge in [-0.05, 0) is 48.7 Å². The Balaban J connectivity index is 1.28. The smallest absolute Gasteiger partial charge is 0.236 e. The van der Waals surface area contributed by atoms with Gasteiger partial charge in [-0.3, -0.25) is 14.6 Å². The third-order valence-corrected chi connectivity index (χ3v) is 5.85. The Kier molecular flexibility index (Phi) is 5.97. The van der Waals surface area contributed by atoms with E-state index in [-0.39, 0.29) is 5.91 Å². The minimum atomic E-state index is 0.286. The van der Waals surface area contributed by atoms with Crippen LogP contribution in [0, 0.1) is 0 Å². The van der Waals surface area contributed by atoms with E-state index in [1.54, 1.807) is 4.68 Å². The van der Waals surface area contributed by atoms with Crippen molar-refractivity contribution < 1.29 is 4.79 Å². The number of para-hydroxylation sites is 1. The summed E-state index contributed by atoms with van der Waals surface area (Å²) in [6.45, 7) is 8.00. The van der Waals surface area contributed by atoms with Gasteiger partial charge in [-0.2, -0.15) is 4.68 Å². The highest BCUT2D eigenvalue weighted by Gasteiger charge is 2.26. The van der Waals surface area contributed by atoms with Crippen LogP contribution in [0.1, 0.15) is 32.0 Å². The molecule has 1 amide bonds. The maximum atomic E-state index is 12.7. The topological polar surface area (TPSA) is 70.4 Å². The molecule has 150 valence electrons. The Bertz CT molecular complexity index is 770. The van der Waals surface area contributed by atoms with Crippen molar-refractivity contribution in [1.82, 2.24) is 34.9 Å². The van der Waals surface area contributed by atoms with E-state index in [0.29, 0.717) is 19.1 Å². The standard InChI is InChI=1S/C20H29N7O/c1-17-7-5-6-10-26(17)20(28)16-25-13-11-24(12-14-25)15-19-21-22-23-27(19)18-8-3-2-4-9-18/h2-4,8-9,17H,5-7,10-16H2,1H3. The van der Waals surface area contributed by atoms with E-state index in [1.807, 2.05) is 30.3 Å². The van der Waals surface area contributed by atoms with Gasteiger partial charge in [0.2, 0.25) is 5.91 Å². The first-order chi connectivity index (χ1) is 13.7. The molecule has 0 radical (unpaired) electrons. The first-order valence-corrected chi connectivity index (χ1v) is 10.3. The van der Waals surface area contributed by atoms with Crippen LogP contribution in [0.5, 0.6) is 0 Å². The number of piperazine rings is 1. The van der Waals surface area contributed by atoms with Crippen LogP contribution in [0.25, 0.3) is 5.69 Å². The summed E-state index contributed by atoms with van der Waals surface area (Å²) in [5.41, 5.74) is 0.974. The number of aromatic nitrogens is 4. The van der Waals surface area contributed by atoms with Crippen LogP contribution >= 0.6 is 0 Å². The van der Waals surface area contributed by atoms with Crippen LogP contribution in [0.2, 0.25) is 0 Å². The number of carbonyl (C=O) groups is 1. The molecule has 2 fully saturated rings. The lowest BCUT2D eigenvalue weighted by Crippen LogP contribution is -2.52. The quantitative estimate of drug-likeness (QED) is 0.772. The summed E-state index contributed by atoms with van der Waals surface area (Å²) in [5, 5.41) is 12.2. The van der Waals surface area contributed by atoms with Gasteiger partial charge >= 0.3 is 0 Å². The maximum Gasteiger partial charge on any atom is 0.236 e. The molecule has 0 saturated carbocycles. The molecule has 1 atom stereocenters. The Hall–Kier alpha value is -2.32. The number of carbonyl (C=O) groups excluding carboxylic acids is 1. The number of piperidine rings is 1. The van der Waals surface area contributed by atoms with Crippen LogP contribution in [0.15, 0.2) is 30.3 Å². The zero-order valence-corrected chi connectivity index (χ0v) is 16.6. The summed E-state index contributed by atoms with van der Waals surface area (Å²) in [6.07, 6.45) is 3.52. The fourth-order valence-electron chi connectivity index (χ4n) is 4.13. The van der Waals surface area contributed by atoms with E-state index in [1.165, 1.54) is 6.42 Å². The van der Waals surface area contributed by atoms with E-state index in [9.17, 15) is 4.79 Å².